The number of aromatic nitrogens is 2. The van der Waals surface area contributed by atoms with Gasteiger partial charge in [0.25, 0.3) is 5.91 Å². The maximum absolute atomic E-state index is 13.6. The molecule has 3 aromatic rings. The molecule has 0 aliphatic heterocycles. The van der Waals surface area contributed by atoms with E-state index in [9.17, 15) is 14.0 Å². The SMILES string of the molecule is CCCN(CC(=O)Nc1cc(C(C)(C)C)nn1-c1cccc(C)c1)C(=O)c1cccc(F)c1. The third-order valence-electron chi connectivity index (χ3n) is 5.18. The predicted molar refractivity (Wildman–Crippen MR) is 128 cm³/mol. The summed E-state index contributed by atoms with van der Waals surface area (Å²) in [6, 6.07) is 15.2. The van der Waals surface area contributed by atoms with Gasteiger partial charge < -0.3 is 10.2 Å². The summed E-state index contributed by atoms with van der Waals surface area (Å²) in [5.41, 5.74) is 2.75. The highest BCUT2D eigenvalue weighted by Gasteiger charge is 2.23. The average Bonchev–Trinajstić information content (AvgIpc) is 3.17. The van der Waals surface area contributed by atoms with Gasteiger partial charge in [0, 0.05) is 23.6 Å². The first-order valence-corrected chi connectivity index (χ1v) is 11.1. The molecule has 33 heavy (non-hydrogen) atoms. The summed E-state index contributed by atoms with van der Waals surface area (Å²) in [6.07, 6.45) is 0.670. The van der Waals surface area contributed by atoms with Crippen LogP contribution in [0.1, 0.15) is 55.7 Å². The number of hydrogen-bond acceptors (Lipinski definition) is 3. The molecular formula is C26H31FN4O2. The summed E-state index contributed by atoms with van der Waals surface area (Å²) in [5.74, 6) is -0.680. The molecule has 7 heteroatoms. The molecule has 6 nitrogen and oxygen atoms in total. The van der Waals surface area contributed by atoms with Gasteiger partial charge in [-0.2, -0.15) is 5.10 Å². The normalized spacial score (nSPS) is 11.3. The van der Waals surface area contributed by atoms with Crippen LogP contribution < -0.4 is 5.32 Å². The monoisotopic (exact) mass is 450 g/mol. The highest BCUT2D eigenvalue weighted by atomic mass is 19.1. The lowest BCUT2D eigenvalue weighted by Gasteiger charge is -2.22. The molecule has 3 rings (SSSR count). The summed E-state index contributed by atoms with van der Waals surface area (Å²) in [5, 5.41) is 7.65. The maximum atomic E-state index is 13.6. The number of carbonyl (C=O) groups is 2. The number of halogens is 1. The van der Waals surface area contributed by atoms with E-state index in [-0.39, 0.29) is 29.3 Å². The molecule has 0 saturated carbocycles. The van der Waals surface area contributed by atoms with Crippen molar-refractivity contribution in [1.82, 2.24) is 14.7 Å². The van der Waals surface area contributed by atoms with Crippen LogP contribution in [-0.2, 0) is 10.2 Å². The van der Waals surface area contributed by atoms with Gasteiger partial charge in [0.05, 0.1) is 11.4 Å². The lowest BCUT2D eigenvalue weighted by atomic mass is 9.92. The van der Waals surface area contributed by atoms with E-state index in [0.29, 0.717) is 18.8 Å². The largest absolute Gasteiger partial charge is 0.329 e. The van der Waals surface area contributed by atoms with Gasteiger partial charge in [0.2, 0.25) is 5.91 Å². The van der Waals surface area contributed by atoms with E-state index >= 15 is 0 Å². The van der Waals surface area contributed by atoms with Gasteiger partial charge >= 0.3 is 0 Å². The van der Waals surface area contributed by atoms with Gasteiger partial charge in [-0.1, -0.05) is 45.9 Å². The van der Waals surface area contributed by atoms with Crippen molar-refractivity contribution in [3.63, 3.8) is 0 Å². The fraction of sp³-hybridized carbons (Fsp3) is 0.346. The Kier molecular flexibility index (Phi) is 7.31. The first-order chi connectivity index (χ1) is 15.6. The van der Waals surface area contributed by atoms with Crippen molar-refractivity contribution in [3.8, 4) is 5.69 Å². The molecule has 0 radical (unpaired) electrons. The van der Waals surface area contributed by atoms with Crippen LogP contribution in [0.2, 0.25) is 0 Å². The molecule has 0 bridgehead atoms. The minimum absolute atomic E-state index is 0.146. The Hall–Kier alpha value is -3.48. The van der Waals surface area contributed by atoms with Gasteiger partial charge in [-0.15, -0.1) is 0 Å². The van der Waals surface area contributed by atoms with Crippen LogP contribution in [0, 0.1) is 12.7 Å². The average molecular weight is 451 g/mol. The standard InChI is InChI=1S/C26H31FN4O2/c1-6-13-30(25(33)19-10-8-11-20(27)15-19)17-24(32)28-23-16-22(26(3,4)5)29-31(23)21-12-7-9-18(2)14-21/h7-12,14-16H,6,13,17H2,1-5H3,(H,28,32). The Morgan fingerprint density at radius 2 is 1.82 bits per heavy atom. The third-order valence-corrected chi connectivity index (χ3v) is 5.18. The first kappa shape index (κ1) is 24.2. The highest BCUT2D eigenvalue weighted by Crippen LogP contribution is 2.26. The smallest absolute Gasteiger partial charge is 0.254 e. The number of anilines is 1. The predicted octanol–water partition coefficient (Wildman–Crippen LogP) is 5.11. The van der Waals surface area contributed by atoms with E-state index in [1.807, 2.05) is 44.2 Å². The van der Waals surface area contributed by atoms with E-state index in [0.717, 1.165) is 16.9 Å². The van der Waals surface area contributed by atoms with E-state index in [4.69, 9.17) is 5.10 Å². The van der Waals surface area contributed by atoms with E-state index < -0.39 is 5.82 Å². The molecule has 1 N–H and O–H groups in total. The lowest BCUT2D eigenvalue weighted by molar-refractivity contribution is -0.116. The molecule has 0 spiro atoms. The lowest BCUT2D eigenvalue weighted by Crippen LogP contribution is -2.38. The van der Waals surface area contributed by atoms with Gasteiger partial charge in [-0.3, -0.25) is 9.59 Å². The van der Waals surface area contributed by atoms with Crippen LogP contribution in [0.5, 0.6) is 0 Å². The zero-order valence-corrected chi connectivity index (χ0v) is 19.9. The summed E-state index contributed by atoms with van der Waals surface area (Å²) in [4.78, 5) is 27.3. The van der Waals surface area contributed by atoms with Crippen LogP contribution >= 0.6 is 0 Å². The molecule has 1 aromatic heterocycles. The van der Waals surface area contributed by atoms with Crippen molar-refractivity contribution in [2.24, 2.45) is 0 Å². The molecule has 2 aromatic carbocycles. The number of carbonyl (C=O) groups excluding carboxylic acids is 2. The van der Waals surface area contributed by atoms with Gasteiger partial charge in [-0.25, -0.2) is 9.07 Å². The fourth-order valence-electron chi connectivity index (χ4n) is 3.48. The third kappa shape index (κ3) is 6.06. The van der Waals surface area contributed by atoms with Crippen molar-refractivity contribution >= 4 is 17.6 Å². The van der Waals surface area contributed by atoms with Gasteiger partial charge in [-0.05, 0) is 49.2 Å². The van der Waals surface area contributed by atoms with Gasteiger partial charge in [0.15, 0.2) is 0 Å². The van der Waals surface area contributed by atoms with Crippen LogP contribution in [-0.4, -0.2) is 39.6 Å². The quantitative estimate of drug-likeness (QED) is 0.544. The Balaban J connectivity index is 1.86. The van der Waals surface area contributed by atoms with Crippen molar-refractivity contribution in [2.45, 2.75) is 46.5 Å². The number of nitrogens with zero attached hydrogens (tertiary/aromatic N) is 3. The van der Waals surface area contributed by atoms with Crippen LogP contribution in [0.25, 0.3) is 5.69 Å². The molecule has 1 heterocycles. The highest BCUT2D eigenvalue weighted by molar-refractivity contribution is 5.99. The maximum Gasteiger partial charge on any atom is 0.254 e. The van der Waals surface area contributed by atoms with Crippen molar-refractivity contribution in [3.05, 3.63) is 77.2 Å². The summed E-state index contributed by atoms with van der Waals surface area (Å²) >= 11 is 0. The number of rotatable bonds is 7. The Morgan fingerprint density at radius 1 is 1.09 bits per heavy atom. The zero-order chi connectivity index (χ0) is 24.2. The zero-order valence-electron chi connectivity index (χ0n) is 19.9. The van der Waals surface area contributed by atoms with E-state index in [2.05, 4.69) is 26.1 Å². The van der Waals surface area contributed by atoms with E-state index in [1.165, 1.54) is 23.1 Å². The molecule has 2 amide bonds. The minimum Gasteiger partial charge on any atom is -0.329 e. The molecule has 0 atom stereocenters. The summed E-state index contributed by atoms with van der Waals surface area (Å²) in [6.45, 7) is 10.3. The second-order valence-electron chi connectivity index (χ2n) is 9.20. The number of hydrogen-bond donors (Lipinski definition) is 1. The van der Waals surface area contributed by atoms with Crippen LogP contribution in [0.4, 0.5) is 10.2 Å². The second-order valence-corrected chi connectivity index (χ2v) is 9.20. The molecular weight excluding hydrogens is 419 g/mol. The first-order valence-electron chi connectivity index (χ1n) is 11.1. The van der Waals surface area contributed by atoms with Crippen LogP contribution in [0.3, 0.4) is 0 Å². The number of amides is 2. The second kappa shape index (κ2) is 9.98. The molecule has 0 aliphatic carbocycles. The Morgan fingerprint density at radius 3 is 2.45 bits per heavy atom. The summed E-state index contributed by atoms with van der Waals surface area (Å²) in [7, 11) is 0. The van der Waals surface area contributed by atoms with Crippen LogP contribution in [0.15, 0.2) is 54.6 Å². The minimum atomic E-state index is -0.487. The Bertz CT molecular complexity index is 1150. The Labute approximate surface area is 194 Å². The number of aryl methyl sites for hydroxylation is 1. The summed E-state index contributed by atoms with van der Waals surface area (Å²) < 4.78 is 15.3. The van der Waals surface area contributed by atoms with Crippen molar-refractivity contribution in [1.29, 1.82) is 0 Å². The van der Waals surface area contributed by atoms with Crippen molar-refractivity contribution < 1.29 is 14.0 Å². The number of benzene rings is 2. The molecule has 0 unspecified atom stereocenters. The molecule has 0 fully saturated rings. The fourth-order valence-corrected chi connectivity index (χ4v) is 3.48. The topological polar surface area (TPSA) is 67.2 Å². The molecule has 0 saturated heterocycles. The van der Waals surface area contributed by atoms with Crippen molar-refractivity contribution in [2.75, 3.05) is 18.4 Å². The van der Waals surface area contributed by atoms with E-state index in [1.54, 1.807) is 10.7 Å². The molecule has 174 valence electrons. The molecule has 0 aliphatic rings. The van der Waals surface area contributed by atoms with Gasteiger partial charge in [0.1, 0.15) is 18.2 Å². The number of nitrogens with one attached hydrogen (secondary N) is 1.